The largest absolute Gasteiger partial charge is 0.377 e. The lowest BCUT2D eigenvalue weighted by Gasteiger charge is -2.13. The van der Waals surface area contributed by atoms with E-state index in [1.807, 2.05) is 6.07 Å². The van der Waals surface area contributed by atoms with Crippen LogP contribution in [0, 0.1) is 0 Å². The van der Waals surface area contributed by atoms with Gasteiger partial charge >= 0.3 is 0 Å². The third kappa shape index (κ3) is 3.91. The van der Waals surface area contributed by atoms with Crippen LogP contribution in [0.5, 0.6) is 0 Å². The summed E-state index contributed by atoms with van der Waals surface area (Å²) in [5.74, 6) is 0. The molecular weight excluding hydrogens is 242 g/mol. The van der Waals surface area contributed by atoms with Crippen molar-refractivity contribution in [3.8, 4) is 0 Å². The molecule has 0 unspecified atom stereocenters. The molecule has 1 N–H and O–H groups in total. The highest BCUT2D eigenvalue weighted by atomic mass is 35.5. The number of nitrogens with one attached hydrogen (secondary N) is 1. The molecule has 0 atom stereocenters. The van der Waals surface area contributed by atoms with Gasteiger partial charge < -0.3 is 10.1 Å². The van der Waals surface area contributed by atoms with Crippen LogP contribution in [0.1, 0.15) is 11.3 Å². The van der Waals surface area contributed by atoms with E-state index in [1.165, 1.54) is 10.5 Å². The molecule has 16 heavy (non-hydrogen) atoms. The van der Waals surface area contributed by atoms with Crippen molar-refractivity contribution in [3.05, 3.63) is 33.0 Å². The summed E-state index contributed by atoms with van der Waals surface area (Å²) >= 11 is 7.53. The van der Waals surface area contributed by atoms with E-state index in [1.54, 1.807) is 11.3 Å². The highest BCUT2D eigenvalue weighted by Crippen LogP contribution is 2.21. The molecule has 4 heteroatoms. The van der Waals surface area contributed by atoms with Crippen molar-refractivity contribution in [2.75, 3.05) is 26.3 Å². The summed E-state index contributed by atoms with van der Waals surface area (Å²) in [6.45, 7) is 3.60. The van der Waals surface area contributed by atoms with Gasteiger partial charge in [-0.25, -0.2) is 0 Å². The molecule has 0 aliphatic carbocycles. The topological polar surface area (TPSA) is 21.3 Å². The molecular formula is C12H16ClNOS. The number of hydrogen-bond acceptors (Lipinski definition) is 3. The number of ether oxygens (including phenoxy) is 1. The second kappa shape index (κ2) is 6.40. The normalized spacial score (nSPS) is 16.2. The zero-order chi connectivity index (χ0) is 11.2. The summed E-state index contributed by atoms with van der Waals surface area (Å²) in [6, 6.07) is 4.05. The van der Waals surface area contributed by atoms with Gasteiger partial charge in [-0.2, -0.15) is 0 Å². The summed E-state index contributed by atoms with van der Waals surface area (Å²) in [6.07, 6.45) is 4.38. The molecule has 0 spiro atoms. The number of thiophene rings is 1. The number of rotatable bonds is 5. The minimum Gasteiger partial charge on any atom is -0.377 e. The van der Waals surface area contributed by atoms with Crippen LogP contribution in [0.3, 0.4) is 0 Å². The minimum absolute atomic E-state index is 0.790. The highest BCUT2D eigenvalue weighted by molar-refractivity contribution is 7.16. The van der Waals surface area contributed by atoms with Crippen LogP contribution in [0.25, 0.3) is 0 Å². The van der Waals surface area contributed by atoms with Crippen molar-refractivity contribution in [3.63, 3.8) is 0 Å². The highest BCUT2D eigenvalue weighted by Gasteiger charge is 2.03. The Morgan fingerprint density at radius 1 is 1.44 bits per heavy atom. The van der Waals surface area contributed by atoms with Crippen LogP contribution in [0.15, 0.2) is 23.8 Å². The van der Waals surface area contributed by atoms with Gasteiger partial charge in [0.1, 0.15) is 0 Å². The molecule has 2 heterocycles. The molecule has 2 nitrogen and oxygen atoms in total. The third-order valence-electron chi connectivity index (χ3n) is 2.51. The van der Waals surface area contributed by atoms with Gasteiger partial charge in [0.05, 0.1) is 17.6 Å². The lowest BCUT2D eigenvalue weighted by molar-refractivity contribution is 0.149. The van der Waals surface area contributed by atoms with Crippen molar-refractivity contribution in [1.82, 2.24) is 5.32 Å². The van der Waals surface area contributed by atoms with Gasteiger partial charge in [0.2, 0.25) is 0 Å². The fourth-order valence-corrected chi connectivity index (χ4v) is 2.77. The van der Waals surface area contributed by atoms with E-state index in [4.69, 9.17) is 16.3 Å². The Bertz CT molecular complexity index is 362. The molecule has 2 rings (SSSR count). The second-order valence-electron chi connectivity index (χ2n) is 3.84. The SMILES string of the molecule is Clc1ccc(CCNCC2=CCCOC2)s1. The Labute approximate surface area is 105 Å². The molecule has 0 bridgehead atoms. The quantitative estimate of drug-likeness (QED) is 0.647. The van der Waals surface area contributed by atoms with Gasteiger partial charge in [-0.3, -0.25) is 0 Å². The van der Waals surface area contributed by atoms with E-state index in [2.05, 4.69) is 17.5 Å². The lowest BCUT2D eigenvalue weighted by Crippen LogP contribution is -2.23. The number of hydrogen-bond donors (Lipinski definition) is 1. The van der Waals surface area contributed by atoms with Crippen LogP contribution in [0.4, 0.5) is 0 Å². The van der Waals surface area contributed by atoms with Crippen LogP contribution in [-0.4, -0.2) is 26.3 Å². The summed E-state index contributed by atoms with van der Waals surface area (Å²) in [4.78, 5) is 1.34. The maximum Gasteiger partial charge on any atom is 0.0931 e. The second-order valence-corrected chi connectivity index (χ2v) is 5.64. The maximum atomic E-state index is 5.87. The van der Waals surface area contributed by atoms with Crippen molar-refractivity contribution < 1.29 is 4.74 Å². The smallest absolute Gasteiger partial charge is 0.0931 e. The van der Waals surface area contributed by atoms with Crippen LogP contribution >= 0.6 is 22.9 Å². The standard InChI is InChI=1S/C12H16ClNOS/c13-12-4-3-11(16-12)5-6-14-8-10-2-1-7-15-9-10/h2-4,14H,1,5-9H2. The van der Waals surface area contributed by atoms with E-state index < -0.39 is 0 Å². The molecule has 0 amide bonds. The summed E-state index contributed by atoms with van der Waals surface area (Å²) in [5, 5.41) is 3.43. The van der Waals surface area contributed by atoms with Crippen molar-refractivity contribution in [2.45, 2.75) is 12.8 Å². The predicted octanol–water partition coefficient (Wildman–Crippen LogP) is 2.88. The van der Waals surface area contributed by atoms with Gasteiger partial charge in [-0.1, -0.05) is 17.7 Å². The first-order valence-electron chi connectivity index (χ1n) is 5.55. The molecule has 88 valence electrons. The molecule has 0 saturated carbocycles. The molecule has 0 radical (unpaired) electrons. The van der Waals surface area contributed by atoms with E-state index in [0.29, 0.717) is 0 Å². The molecule has 1 aliphatic rings. The Hall–Kier alpha value is -0.350. The van der Waals surface area contributed by atoms with Gasteiger partial charge in [0.25, 0.3) is 0 Å². The van der Waals surface area contributed by atoms with Gasteiger partial charge in [0, 0.05) is 18.0 Å². The van der Waals surface area contributed by atoms with E-state index in [9.17, 15) is 0 Å². The van der Waals surface area contributed by atoms with Crippen LogP contribution < -0.4 is 5.32 Å². The minimum atomic E-state index is 0.790. The molecule has 1 aromatic rings. The Morgan fingerprint density at radius 3 is 3.06 bits per heavy atom. The lowest BCUT2D eigenvalue weighted by atomic mass is 10.2. The Morgan fingerprint density at radius 2 is 2.38 bits per heavy atom. The van der Waals surface area contributed by atoms with Gasteiger partial charge in [0.15, 0.2) is 0 Å². The first-order chi connectivity index (χ1) is 7.84. The van der Waals surface area contributed by atoms with E-state index >= 15 is 0 Å². The van der Waals surface area contributed by atoms with Gasteiger partial charge in [-0.05, 0) is 30.5 Å². The third-order valence-corrected chi connectivity index (χ3v) is 3.80. The average Bonchev–Trinajstić information content (AvgIpc) is 2.72. The maximum absolute atomic E-state index is 5.87. The van der Waals surface area contributed by atoms with E-state index in [0.717, 1.165) is 43.5 Å². The monoisotopic (exact) mass is 257 g/mol. The first-order valence-corrected chi connectivity index (χ1v) is 6.74. The van der Waals surface area contributed by atoms with Crippen LogP contribution in [0.2, 0.25) is 4.34 Å². The predicted molar refractivity (Wildman–Crippen MR) is 69.4 cm³/mol. The zero-order valence-electron chi connectivity index (χ0n) is 9.17. The molecule has 0 fully saturated rings. The Balaban J connectivity index is 1.63. The summed E-state index contributed by atoms with van der Waals surface area (Å²) < 4.78 is 6.25. The van der Waals surface area contributed by atoms with Crippen LogP contribution in [-0.2, 0) is 11.2 Å². The zero-order valence-corrected chi connectivity index (χ0v) is 10.7. The molecule has 1 aliphatic heterocycles. The van der Waals surface area contributed by atoms with Crippen molar-refractivity contribution in [2.24, 2.45) is 0 Å². The van der Waals surface area contributed by atoms with Gasteiger partial charge in [-0.15, -0.1) is 11.3 Å². The molecule has 0 aromatic carbocycles. The molecule has 1 aromatic heterocycles. The van der Waals surface area contributed by atoms with Crippen molar-refractivity contribution >= 4 is 22.9 Å². The fourth-order valence-electron chi connectivity index (χ4n) is 1.68. The first kappa shape index (κ1) is 12.1. The summed E-state index contributed by atoms with van der Waals surface area (Å²) in [7, 11) is 0. The fraction of sp³-hybridized carbons (Fsp3) is 0.500. The average molecular weight is 258 g/mol. The molecule has 0 saturated heterocycles. The van der Waals surface area contributed by atoms with Crippen molar-refractivity contribution in [1.29, 1.82) is 0 Å². The summed E-state index contributed by atoms with van der Waals surface area (Å²) in [5.41, 5.74) is 1.37. The number of halogens is 1. The Kier molecular flexibility index (Phi) is 4.85. The van der Waals surface area contributed by atoms with E-state index in [-0.39, 0.29) is 0 Å².